The zero-order chi connectivity index (χ0) is 47.2. The van der Waals surface area contributed by atoms with Gasteiger partial charge in [0.25, 0.3) is 0 Å². The van der Waals surface area contributed by atoms with Crippen molar-refractivity contribution in [2.75, 3.05) is 39.3 Å². The highest BCUT2D eigenvalue weighted by Gasteiger charge is 2.52. The van der Waals surface area contributed by atoms with Crippen LogP contribution in [0.3, 0.4) is 0 Å². The molecule has 3 N–H and O–H groups in total. The molecule has 8 saturated carbocycles. The van der Waals surface area contributed by atoms with E-state index in [0.717, 1.165) is 130 Å². The number of rotatable bonds is 2. The maximum Gasteiger partial charge on any atom is 0.317 e. The second-order valence-electron chi connectivity index (χ2n) is 25.3. The number of likely N-dealkylation sites (tertiary alicyclic amines) is 2. The predicted molar refractivity (Wildman–Crippen MR) is 288 cm³/mol. The number of piperidine rings is 3. The summed E-state index contributed by atoms with van der Waals surface area (Å²) < 4.78 is 0. The molecule has 8 bridgehead atoms. The van der Waals surface area contributed by atoms with Crippen molar-refractivity contribution >= 4 is 46.2 Å². The highest BCUT2D eigenvalue weighted by atomic mass is 32.1. The van der Waals surface area contributed by atoms with Gasteiger partial charge in [-0.3, -0.25) is 0 Å². The molecule has 70 heavy (non-hydrogen) atoms. The summed E-state index contributed by atoms with van der Waals surface area (Å²) >= 11 is 11.2. The van der Waals surface area contributed by atoms with Crippen LogP contribution in [-0.4, -0.2) is 82.9 Å². The van der Waals surface area contributed by atoms with Crippen LogP contribution >= 0.6 is 24.4 Å². The monoisotopic (exact) mass is 976 g/mol. The third-order valence-electron chi connectivity index (χ3n) is 21.7. The summed E-state index contributed by atoms with van der Waals surface area (Å²) in [6, 6.07) is 27.7. The minimum atomic E-state index is 0.174. The van der Waals surface area contributed by atoms with Gasteiger partial charge in [0.15, 0.2) is 0 Å². The molecule has 0 unspecified atom stereocenters. The van der Waals surface area contributed by atoms with Gasteiger partial charge < -0.3 is 25.8 Å². The molecule has 11 aliphatic carbocycles. The van der Waals surface area contributed by atoms with Crippen molar-refractivity contribution in [2.24, 2.45) is 47.3 Å². The SMILES string of the molecule is O=C(NC1C2CC3CC(C2)CC1C3)N1CCC2(CC1)CC(=S)c1ccccc12.O=C(NC1C2CC3CC(C2)CC1C3)N1CCC2(CCc3ccccc32)CC1.S=C1CC2(CCNCC2)c2ccccc21. The van der Waals surface area contributed by atoms with Gasteiger partial charge in [0.05, 0.1) is 0 Å². The van der Waals surface area contributed by atoms with Crippen LogP contribution in [0, 0.1) is 47.3 Å². The fraction of sp³-hybridized carbons (Fsp3) is 0.639. The van der Waals surface area contributed by atoms with Crippen LogP contribution in [0.15, 0.2) is 72.8 Å². The highest BCUT2D eigenvalue weighted by molar-refractivity contribution is 7.81. The Morgan fingerprint density at radius 3 is 1.31 bits per heavy atom. The van der Waals surface area contributed by atoms with Gasteiger partial charge in [-0.15, -0.1) is 0 Å². The lowest BCUT2D eigenvalue weighted by Crippen LogP contribution is -2.59. The number of hydrogen-bond acceptors (Lipinski definition) is 5. The van der Waals surface area contributed by atoms with Crippen molar-refractivity contribution in [3.8, 4) is 0 Å². The number of nitrogens with zero attached hydrogens (tertiary/aromatic N) is 2. The number of aryl methyl sites for hydroxylation is 1. The zero-order valence-electron chi connectivity index (χ0n) is 41.6. The van der Waals surface area contributed by atoms with E-state index in [2.05, 4.69) is 98.5 Å². The molecule has 370 valence electrons. The van der Waals surface area contributed by atoms with Crippen molar-refractivity contribution in [1.82, 2.24) is 25.8 Å². The Morgan fingerprint density at radius 2 is 0.857 bits per heavy atom. The summed E-state index contributed by atoms with van der Waals surface area (Å²) in [5.41, 5.74) is 9.58. The number of urea groups is 2. The van der Waals surface area contributed by atoms with E-state index in [1.54, 1.807) is 11.1 Å². The van der Waals surface area contributed by atoms with Gasteiger partial charge in [0.1, 0.15) is 0 Å². The molecular formula is C61H77N5O2S2. The summed E-state index contributed by atoms with van der Waals surface area (Å²) in [6.07, 6.45) is 25.3. The third-order valence-corrected chi connectivity index (χ3v) is 22.4. The standard InChI is InChI=1S/C24H30N2OS.C24H32N2O.C13H15NS/c27-23(25-22-17-10-15-9-16(12-17)13-18(22)11-15)26-7-5-24(6-8-26)14-21(28)19-3-1-2-4-20(19)24;27-23(25-22-19-12-16-11-17(14-19)15-20(22)13-16)26-9-7-24(8-10-26)6-5-18-3-1-2-4-21(18)24;15-12-9-13(5-7-14-8-6-13)11-4-2-1-3-10(11)12/h1-4,15-18,22H,5-14H2,(H,25,27);1-4,16-17,19-20,22H,5-15H2,(H,25,27);1-4,14H,5-9H2. The largest absolute Gasteiger partial charge is 0.335 e. The molecule has 9 heteroatoms. The van der Waals surface area contributed by atoms with Crippen molar-refractivity contribution in [3.05, 3.63) is 106 Å². The summed E-state index contributed by atoms with van der Waals surface area (Å²) in [5, 5.41) is 10.5. The van der Waals surface area contributed by atoms with Crippen molar-refractivity contribution in [2.45, 2.75) is 157 Å². The third kappa shape index (κ3) is 8.21. The van der Waals surface area contributed by atoms with Gasteiger partial charge in [-0.25, -0.2) is 9.59 Å². The van der Waals surface area contributed by atoms with E-state index in [0.29, 0.717) is 22.9 Å². The molecule has 17 rings (SSSR count). The molecule has 3 saturated heterocycles. The fourth-order valence-electron chi connectivity index (χ4n) is 18.5. The molecule has 3 spiro atoms. The lowest BCUT2D eigenvalue weighted by atomic mass is 9.54. The molecule has 7 nitrogen and oxygen atoms in total. The average Bonchev–Trinajstić information content (AvgIpc) is 3.97. The first kappa shape index (κ1) is 46.1. The summed E-state index contributed by atoms with van der Waals surface area (Å²) in [5.74, 6) is 6.88. The van der Waals surface area contributed by atoms with Crippen LogP contribution in [0.2, 0.25) is 0 Å². The number of fused-ring (bicyclic) bond motifs is 6. The van der Waals surface area contributed by atoms with Gasteiger partial charge in [-0.2, -0.15) is 0 Å². The quantitative estimate of drug-likeness (QED) is 0.223. The highest BCUT2D eigenvalue weighted by Crippen LogP contribution is 2.56. The van der Waals surface area contributed by atoms with Crippen LogP contribution in [-0.2, 0) is 22.7 Å². The molecule has 14 aliphatic rings. The van der Waals surface area contributed by atoms with Crippen molar-refractivity contribution in [3.63, 3.8) is 0 Å². The van der Waals surface area contributed by atoms with Gasteiger partial charge in [0, 0.05) is 58.8 Å². The number of hydrogen-bond donors (Lipinski definition) is 3. The Bertz CT molecular complexity index is 2460. The summed E-state index contributed by atoms with van der Waals surface area (Å²) in [4.78, 5) is 32.6. The lowest BCUT2D eigenvalue weighted by molar-refractivity contribution is -0.0115. The second kappa shape index (κ2) is 18.4. The van der Waals surface area contributed by atoms with Gasteiger partial charge in [-0.05, 0) is 228 Å². The average molecular weight is 976 g/mol. The van der Waals surface area contributed by atoms with Gasteiger partial charge in [-0.1, -0.05) is 97.2 Å². The van der Waals surface area contributed by atoms with Gasteiger partial charge in [0.2, 0.25) is 0 Å². The fourth-order valence-corrected chi connectivity index (χ4v) is 19.4. The normalized spacial score (nSPS) is 34.6. The number of nitrogens with one attached hydrogen (secondary N) is 3. The molecule has 3 aromatic rings. The van der Waals surface area contributed by atoms with Crippen LogP contribution in [0.1, 0.15) is 155 Å². The molecular weight excluding hydrogens is 899 g/mol. The molecule has 4 amide bonds. The zero-order valence-corrected chi connectivity index (χ0v) is 43.2. The van der Waals surface area contributed by atoms with E-state index in [4.69, 9.17) is 24.4 Å². The Kier molecular flexibility index (Phi) is 12.1. The topological polar surface area (TPSA) is 76.7 Å². The van der Waals surface area contributed by atoms with E-state index in [9.17, 15) is 9.59 Å². The minimum Gasteiger partial charge on any atom is -0.335 e. The Labute approximate surface area is 428 Å². The molecule has 0 radical (unpaired) electrons. The van der Waals surface area contributed by atoms with E-state index >= 15 is 0 Å². The number of carbonyl (C=O) groups is 2. The maximum absolute atomic E-state index is 13.1. The second-order valence-corrected chi connectivity index (χ2v) is 26.3. The molecule has 3 heterocycles. The molecule has 0 atom stereocenters. The van der Waals surface area contributed by atoms with Crippen molar-refractivity contribution < 1.29 is 9.59 Å². The van der Waals surface area contributed by atoms with E-state index in [1.807, 2.05) is 0 Å². The first-order valence-electron chi connectivity index (χ1n) is 28.3. The molecule has 11 fully saturated rings. The molecule has 3 aromatic carbocycles. The molecule has 0 aromatic heterocycles. The first-order valence-corrected chi connectivity index (χ1v) is 29.1. The summed E-state index contributed by atoms with van der Waals surface area (Å²) in [7, 11) is 0. The van der Waals surface area contributed by atoms with E-state index < -0.39 is 0 Å². The van der Waals surface area contributed by atoms with Crippen molar-refractivity contribution in [1.29, 1.82) is 0 Å². The van der Waals surface area contributed by atoms with Crippen LogP contribution in [0.5, 0.6) is 0 Å². The Morgan fingerprint density at radius 1 is 0.471 bits per heavy atom. The van der Waals surface area contributed by atoms with Crippen LogP contribution in [0.25, 0.3) is 0 Å². The number of carbonyl (C=O) groups excluding carboxylic acids is 2. The van der Waals surface area contributed by atoms with Gasteiger partial charge >= 0.3 is 12.1 Å². The Balaban J connectivity index is 0.000000108. The smallest absolute Gasteiger partial charge is 0.317 e. The predicted octanol–water partition coefficient (Wildman–Crippen LogP) is 11.6. The Hall–Kier alpha value is -3.66. The van der Waals surface area contributed by atoms with E-state index in [1.165, 1.54) is 117 Å². The van der Waals surface area contributed by atoms with E-state index in [-0.39, 0.29) is 17.5 Å². The maximum atomic E-state index is 13.1. The van der Waals surface area contributed by atoms with Crippen LogP contribution < -0.4 is 16.0 Å². The van der Waals surface area contributed by atoms with Crippen LogP contribution in [0.4, 0.5) is 9.59 Å². The first-order chi connectivity index (χ1) is 34.1. The lowest BCUT2D eigenvalue weighted by Gasteiger charge is -2.54. The minimum absolute atomic E-state index is 0.174. The molecule has 3 aliphatic heterocycles. The number of amides is 4. The number of thiocarbonyl (C=S) groups is 2. The number of benzene rings is 3. The summed E-state index contributed by atoms with van der Waals surface area (Å²) in [6.45, 7) is 5.83.